The first kappa shape index (κ1) is 15.7. The molecule has 0 bridgehead atoms. The monoisotopic (exact) mass is 321 g/mol. The van der Waals surface area contributed by atoms with Crippen LogP contribution in [0.1, 0.15) is 11.1 Å². The van der Waals surface area contributed by atoms with Crippen molar-refractivity contribution in [3.63, 3.8) is 0 Å². The molecule has 1 heterocycles. The molecule has 0 atom stereocenters. The van der Waals surface area contributed by atoms with Crippen LogP contribution in [-0.2, 0) is 10.3 Å². The number of nitrogens with one attached hydrogen (secondary N) is 1. The maximum absolute atomic E-state index is 12.9. The van der Waals surface area contributed by atoms with Crippen molar-refractivity contribution in [2.45, 2.75) is 5.54 Å². The van der Waals surface area contributed by atoms with Crippen LogP contribution < -0.4 is 11.1 Å². The minimum absolute atomic E-state index is 0.207. The van der Waals surface area contributed by atoms with E-state index in [0.29, 0.717) is 0 Å². The van der Waals surface area contributed by atoms with E-state index >= 15 is 0 Å². The molecule has 122 valence electrons. The molecule has 1 aliphatic heterocycles. The summed E-state index contributed by atoms with van der Waals surface area (Å²) in [7, 11) is 3.55. The van der Waals surface area contributed by atoms with Crippen molar-refractivity contribution in [1.29, 1.82) is 0 Å². The van der Waals surface area contributed by atoms with Crippen LogP contribution in [0, 0.1) is 0 Å². The summed E-state index contributed by atoms with van der Waals surface area (Å²) in [6.07, 6.45) is 0. The smallest absolute Gasteiger partial charge is 0.264 e. The molecule has 6 nitrogen and oxygen atoms in total. The van der Waals surface area contributed by atoms with E-state index in [1.165, 1.54) is 0 Å². The Hall–Kier alpha value is -3.15. The van der Waals surface area contributed by atoms with Gasteiger partial charge in [-0.05, 0) is 11.1 Å². The Labute approximate surface area is 140 Å². The molecule has 0 spiro atoms. The number of amides is 1. The second-order valence-electron chi connectivity index (χ2n) is 5.70. The Morgan fingerprint density at radius 1 is 1.04 bits per heavy atom. The van der Waals surface area contributed by atoms with Crippen molar-refractivity contribution in [2.75, 3.05) is 14.1 Å². The number of hydrogen-bond donors (Lipinski definition) is 2. The number of nitrogens with two attached hydrogens (primary N) is 1. The fourth-order valence-electron chi connectivity index (χ4n) is 2.61. The predicted octanol–water partition coefficient (Wildman–Crippen LogP) is 1.29. The van der Waals surface area contributed by atoms with Gasteiger partial charge in [0.1, 0.15) is 0 Å². The van der Waals surface area contributed by atoms with Gasteiger partial charge >= 0.3 is 0 Å². The maximum Gasteiger partial charge on any atom is 0.264 e. The van der Waals surface area contributed by atoms with Crippen molar-refractivity contribution in [2.24, 2.45) is 15.7 Å². The van der Waals surface area contributed by atoms with Crippen molar-refractivity contribution >= 4 is 17.8 Å². The summed E-state index contributed by atoms with van der Waals surface area (Å²) >= 11 is 0. The number of nitrogens with zero attached hydrogens (tertiary/aromatic N) is 3. The van der Waals surface area contributed by atoms with Gasteiger partial charge in [-0.2, -0.15) is 4.99 Å². The van der Waals surface area contributed by atoms with Crippen LogP contribution in [0.4, 0.5) is 0 Å². The lowest BCUT2D eigenvalue weighted by atomic mass is 9.83. The lowest BCUT2D eigenvalue weighted by Crippen LogP contribution is -2.39. The maximum atomic E-state index is 12.9. The molecule has 0 aliphatic carbocycles. The minimum atomic E-state index is -1.16. The quantitative estimate of drug-likeness (QED) is 0.646. The van der Waals surface area contributed by atoms with E-state index in [9.17, 15) is 4.79 Å². The average molecular weight is 321 g/mol. The summed E-state index contributed by atoms with van der Waals surface area (Å²) in [5.41, 5.74) is 6.25. The molecule has 0 unspecified atom stereocenters. The van der Waals surface area contributed by atoms with Crippen LogP contribution in [0.3, 0.4) is 0 Å². The zero-order chi connectivity index (χ0) is 17.2. The number of aliphatic imine (C=N–C) groups is 2. The lowest BCUT2D eigenvalue weighted by Gasteiger charge is -2.24. The van der Waals surface area contributed by atoms with Gasteiger partial charge in [0.25, 0.3) is 5.91 Å². The van der Waals surface area contributed by atoms with Crippen LogP contribution in [0.2, 0.25) is 0 Å². The van der Waals surface area contributed by atoms with E-state index in [1.807, 2.05) is 60.7 Å². The van der Waals surface area contributed by atoms with E-state index in [1.54, 1.807) is 19.0 Å². The second-order valence-corrected chi connectivity index (χ2v) is 5.70. The standard InChI is InChI=1S/C18H19N5O/c1-23(2)16(19)21-17-20-15(24)18(22-17,13-9-5-3-6-10-13)14-11-7-4-8-12-14/h3-12H,1-2H3,(H3,19,20,21,22,24). The molecule has 0 saturated carbocycles. The molecular formula is C18H19N5O. The van der Waals surface area contributed by atoms with E-state index < -0.39 is 5.54 Å². The normalized spacial score (nSPS) is 16.5. The summed E-state index contributed by atoms with van der Waals surface area (Å²) in [5, 5.41) is 2.74. The summed E-state index contributed by atoms with van der Waals surface area (Å²) in [6, 6.07) is 18.9. The van der Waals surface area contributed by atoms with Gasteiger partial charge in [0.05, 0.1) is 0 Å². The Balaban J connectivity index is 2.18. The van der Waals surface area contributed by atoms with Gasteiger partial charge < -0.3 is 10.6 Å². The first-order valence-electron chi connectivity index (χ1n) is 7.58. The second kappa shape index (κ2) is 6.16. The highest BCUT2D eigenvalue weighted by Crippen LogP contribution is 2.36. The van der Waals surface area contributed by atoms with Gasteiger partial charge in [-0.3, -0.25) is 10.1 Å². The van der Waals surface area contributed by atoms with Crippen LogP contribution in [0.5, 0.6) is 0 Å². The molecule has 1 aliphatic rings. The largest absolute Gasteiger partial charge is 0.369 e. The number of guanidine groups is 2. The number of carbonyl (C=O) groups excluding carboxylic acids is 1. The Bertz CT molecular complexity index is 757. The highest BCUT2D eigenvalue weighted by Gasteiger charge is 2.47. The number of hydrogen-bond acceptors (Lipinski definition) is 3. The molecule has 1 amide bonds. The molecule has 3 N–H and O–H groups in total. The Morgan fingerprint density at radius 2 is 1.54 bits per heavy atom. The molecule has 6 heteroatoms. The van der Waals surface area contributed by atoms with Crippen LogP contribution in [0.25, 0.3) is 0 Å². The third-order valence-corrected chi connectivity index (χ3v) is 3.89. The zero-order valence-electron chi connectivity index (χ0n) is 13.6. The molecule has 0 saturated heterocycles. The van der Waals surface area contributed by atoms with Gasteiger partial charge in [-0.25, -0.2) is 4.99 Å². The van der Waals surface area contributed by atoms with Gasteiger partial charge in [0.15, 0.2) is 11.5 Å². The number of carbonyl (C=O) groups is 1. The first-order valence-corrected chi connectivity index (χ1v) is 7.58. The fourth-order valence-corrected chi connectivity index (χ4v) is 2.61. The van der Waals surface area contributed by atoms with Crippen LogP contribution in [-0.4, -0.2) is 36.8 Å². The highest BCUT2D eigenvalue weighted by atomic mass is 16.2. The third-order valence-electron chi connectivity index (χ3n) is 3.89. The minimum Gasteiger partial charge on any atom is -0.369 e. The molecule has 24 heavy (non-hydrogen) atoms. The molecular weight excluding hydrogens is 302 g/mol. The summed E-state index contributed by atoms with van der Waals surface area (Å²) in [6.45, 7) is 0. The summed E-state index contributed by atoms with van der Waals surface area (Å²) in [5.74, 6) is 0.232. The topological polar surface area (TPSA) is 83.1 Å². The van der Waals surface area contributed by atoms with Gasteiger partial charge in [-0.15, -0.1) is 0 Å². The molecule has 3 rings (SSSR count). The molecule has 0 fully saturated rings. The summed E-state index contributed by atoms with van der Waals surface area (Å²) < 4.78 is 0. The molecule has 0 aromatic heterocycles. The van der Waals surface area contributed by atoms with E-state index in [-0.39, 0.29) is 17.8 Å². The Kier molecular flexibility index (Phi) is 4.04. The van der Waals surface area contributed by atoms with E-state index in [2.05, 4.69) is 15.3 Å². The molecule has 2 aromatic rings. The van der Waals surface area contributed by atoms with Crippen molar-refractivity contribution < 1.29 is 4.79 Å². The van der Waals surface area contributed by atoms with Crippen LogP contribution >= 0.6 is 0 Å². The van der Waals surface area contributed by atoms with Gasteiger partial charge in [0, 0.05) is 14.1 Å². The van der Waals surface area contributed by atoms with Gasteiger partial charge in [-0.1, -0.05) is 60.7 Å². The lowest BCUT2D eigenvalue weighted by molar-refractivity contribution is -0.122. The third kappa shape index (κ3) is 2.62. The predicted molar refractivity (Wildman–Crippen MR) is 94.6 cm³/mol. The van der Waals surface area contributed by atoms with Crippen LogP contribution in [0.15, 0.2) is 70.6 Å². The SMILES string of the molecule is CN(C)/C(N)=N/C1=NC(c2ccccc2)(c2ccccc2)C(=O)N1. The van der Waals surface area contributed by atoms with E-state index in [4.69, 9.17) is 5.73 Å². The summed E-state index contributed by atoms with van der Waals surface area (Å²) in [4.78, 5) is 23.4. The highest BCUT2D eigenvalue weighted by molar-refractivity contribution is 6.12. The van der Waals surface area contributed by atoms with E-state index in [0.717, 1.165) is 11.1 Å². The number of benzene rings is 2. The van der Waals surface area contributed by atoms with Crippen molar-refractivity contribution in [3.8, 4) is 0 Å². The molecule has 2 aromatic carbocycles. The molecule has 0 radical (unpaired) electrons. The van der Waals surface area contributed by atoms with Crippen molar-refractivity contribution in [3.05, 3.63) is 71.8 Å². The van der Waals surface area contributed by atoms with Crippen molar-refractivity contribution in [1.82, 2.24) is 10.2 Å². The number of rotatable bonds is 2. The first-order chi connectivity index (χ1) is 11.5. The zero-order valence-corrected chi connectivity index (χ0v) is 13.6. The fraction of sp³-hybridized carbons (Fsp3) is 0.167. The Morgan fingerprint density at radius 3 is 2.00 bits per heavy atom. The van der Waals surface area contributed by atoms with Gasteiger partial charge in [0.2, 0.25) is 5.96 Å². The average Bonchev–Trinajstić information content (AvgIpc) is 2.93.